The molecule has 1 aliphatic heterocycles. The van der Waals surface area contributed by atoms with Gasteiger partial charge in [0.05, 0.1) is 0 Å². The van der Waals surface area contributed by atoms with Crippen LogP contribution < -0.4 is 5.32 Å². The Bertz CT molecular complexity index is 966. The van der Waals surface area contributed by atoms with Crippen molar-refractivity contribution in [3.63, 3.8) is 0 Å². The summed E-state index contributed by atoms with van der Waals surface area (Å²) in [4.78, 5) is 25.0. The molecule has 4 rings (SSSR count). The fourth-order valence-corrected chi connectivity index (χ4v) is 6.35. The van der Waals surface area contributed by atoms with Gasteiger partial charge in [-0.25, -0.2) is 9.59 Å². The van der Waals surface area contributed by atoms with Gasteiger partial charge in [-0.05, 0) is 85.6 Å². The minimum absolute atomic E-state index is 0.133. The lowest BCUT2D eigenvalue weighted by Gasteiger charge is -2.54. The predicted molar refractivity (Wildman–Crippen MR) is 142 cm³/mol. The van der Waals surface area contributed by atoms with Crippen LogP contribution in [0.2, 0.25) is 0 Å². The fraction of sp³-hybridized carbons (Fsp3) is 0.621. The number of aliphatic carboxylic acids is 2. The average Bonchev–Trinajstić information content (AvgIpc) is 2.83. The van der Waals surface area contributed by atoms with Crippen molar-refractivity contribution in [3.8, 4) is 0 Å². The minimum atomic E-state index is -1.26. The Morgan fingerprint density at radius 3 is 2.36 bits per heavy atom. The van der Waals surface area contributed by atoms with Crippen LogP contribution in [0.25, 0.3) is 0 Å². The Hall–Kier alpha value is -2.67. The molecule has 1 heterocycles. The molecule has 0 aromatic heterocycles. The molecule has 0 amide bonds. The maximum atomic E-state index is 9.55. The van der Waals surface area contributed by atoms with E-state index in [9.17, 15) is 9.59 Å². The number of hydrogen-bond acceptors (Lipinski definition) is 5. The van der Waals surface area contributed by atoms with Crippen LogP contribution in [-0.4, -0.2) is 47.6 Å². The smallest absolute Gasteiger partial charge is 0.328 e. The van der Waals surface area contributed by atoms with Gasteiger partial charge in [0.15, 0.2) is 0 Å². The Kier molecular flexibility index (Phi) is 9.34. The van der Waals surface area contributed by atoms with Crippen LogP contribution in [0.3, 0.4) is 0 Å². The third kappa shape index (κ3) is 6.75. The number of fused-ring (bicyclic) bond motifs is 3. The molecule has 36 heavy (non-hydrogen) atoms. The first-order valence-electron chi connectivity index (χ1n) is 13.2. The zero-order valence-corrected chi connectivity index (χ0v) is 22.1. The van der Waals surface area contributed by atoms with Gasteiger partial charge in [-0.1, -0.05) is 57.5 Å². The molecule has 3 aliphatic rings. The second kappa shape index (κ2) is 12.0. The molecular weight excluding hydrogens is 456 g/mol. The Labute approximate surface area is 215 Å². The van der Waals surface area contributed by atoms with E-state index in [0.717, 1.165) is 25.9 Å². The topological polar surface area (TPSA) is 108 Å². The second-order valence-electron chi connectivity index (χ2n) is 11.2. The van der Waals surface area contributed by atoms with E-state index >= 15 is 0 Å². The molecule has 0 spiro atoms. The number of oxime groups is 1. The van der Waals surface area contributed by atoms with E-state index in [2.05, 4.69) is 62.6 Å². The number of carboxylic acid groups (broad SMARTS) is 2. The van der Waals surface area contributed by atoms with Crippen molar-refractivity contribution in [2.75, 3.05) is 13.1 Å². The molecular formula is C29H42N2O5. The molecule has 2 fully saturated rings. The quantitative estimate of drug-likeness (QED) is 0.280. The summed E-state index contributed by atoms with van der Waals surface area (Å²) in [6.45, 7) is 11.6. The van der Waals surface area contributed by atoms with E-state index < -0.39 is 11.9 Å². The van der Waals surface area contributed by atoms with Gasteiger partial charge in [0.2, 0.25) is 0 Å². The van der Waals surface area contributed by atoms with E-state index in [4.69, 9.17) is 15.1 Å². The van der Waals surface area contributed by atoms with Crippen molar-refractivity contribution in [2.24, 2.45) is 16.5 Å². The Morgan fingerprint density at radius 2 is 1.75 bits per heavy atom. The summed E-state index contributed by atoms with van der Waals surface area (Å²) in [7, 11) is 0. The number of aryl methyl sites for hydroxylation is 1. The van der Waals surface area contributed by atoms with Crippen LogP contribution in [-0.2, 0) is 26.3 Å². The maximum absolute atomic E-state index is 9.55. The monoisotopic (exact) mass is 498 g/mol. The summed E-state index contributed by atoms with van der Waals surface area (Å²) < 4.78 is 0. The number of carboxylic acids is 2. The normalized spacial score (nSPS) is 28.3. The predicted octanol–water partition coefficient (Wildman–Crippen LogP) is 5.29. The summed E-state index contributed by atoms with van der Waals surface area (Å²) in [6, 6.07) is 7.31. The Morgan fingerprint density at radius 1 is 1.08 bits per heavy atom. The summed E-state index contributed by atoms with van der Waals surface area (Å²) in [5.41, 5.74) is 5.07. The molecule has 3 atom stereocenters. The van der Waals surface area contributed by atoms with Crippen molar-refractivity contribution in [3.05, 3.63) is 47.0 Å². The number of carbonyl (C=O) groups is 2. The molecule has 7 heteroatoms. The summed E-state index contributed by atoms with van der Waals surface area (Å²) in [5.74, 6) is -1.27. The van der Waals surface area contributed by atoms with Gasteiger partial charge in [-0.3, -0.25) is 0 Å². The van der Waals surface area contributed by atoms with Gasteiger partial charge < -0.3 is 20.4 Å². The number of benzene rings is 1. The first-order chi connectivity index (χ1) is 17.0. The molecule has 1 saturated carbocycles. The van der Waals surface area contributed by atoms with Crippen molar-refractivity contribution in [1.82, 2.24) is 5.32 Å². The van der Waals surface area contributed by atoms with Crippen molar-refractivity contribution in [1.29, 1.82) is 0 Å². The Balaban J connectivity index is 0.000000392. The number of piperidine rings is 1. The van der Waals surface area contributed by atoms with Crippen LogP contribution in [0.5, 0.6) is 0 Å². The van der Waals surface area contributed by atoms with Crippen LogP contribution in [0.15, 0.2) is 35.5 Å². The highest BCUT2D eigenvalue weighted by atomic mass is 16.6. The van der Waals surface area contributed by atoms with Crippen molar-refractivity contribution in [2.45, 2.75) is 90.1 Å². The highest BCUT2D eigenvalue weighted by Gasteiger charge is 2.51. The molecule has 1 aromatic carbocycles. The molecule has 2 aliphatic carbocycles. The molecule has 1 aromatic rings. The average molecular weight is 499 g/mol. The van der Waals surface area contributed by atoms with E-state index in [1.165, 1.54) is 37.7 Å². The summed E-state index contributed by atoms with van der Waals surface area (Å²) in [6.07, 6.45) is 12.0. The molecule has 7 nitrogen and oxygen atoms in total. The SMILES string of the molecule is CC(C)c1ccc2c(c1)CC[C@H]1[C@](C)(/C=N/OC3CCNCC3)CCC[C@]21C.O=C(O)/C=C/C(=O)O. The molecule has 198 valence electrons. The van der Waals surface area contributed by atoms with Crippen molar-refractivity contribution >= 4 is 18.2 Å². The standard InChI is InChI=1S/C25H38N2O.C4H4O4/c1-18(2)19-6-8-22-20(16-19)7-9-23-24(3,12-5-13-25(22,23)4)17-27-28-21-10-14-26-15-11-21;5-3(6)1-2-4(7)8/h6,8,16-18,21,23,26H,5,7,9-15H2,1-4H3;1-2H,(H,5,6)(H,7,8)/b27-17+;2-1+/t23-,24-,25+;/m0./s1. The highest BCUT2D eigenvalue weighted by molar-refractivity contribution is 5.89. The van der Waals surface area contributed by atoms with E-state index in [0.29, 0.717) is 24.0 Å². The summed E-state index contributed by atoms with van der Waals surface area (Å²) in [5, 5.41) is 23.6. The first kappa shape index (κ1) is 27.9. The zero-order chi connectivity index (χ0) is 26.3. The van der Waals surface area contributed by atoms with Gasteiger partial charge in [0, 0.05) is 23.8 Å². The third-order valence-corrected chi connectivity index (χ3v) is 8.30. The van der Waals surface area contributed by atoms with Gasteiger partial charge >= 0.3 is 11.9 Å². The van der Waals surface area contributed by atoms with Gasteiger partial charge in [0.1, 0.15) is 6.10 Å². The second-order valence-corrected chi connectivity index (χ2v) is 11.2. The lowest BCUT2D eigenvalue weighted by molar-refractivity contribution is -0.134. The number of rotatable bonds is 6. The molecule has 0 radical (unpaired) electrons. The number of hydrogen-bond donors (Lipinski definition) is 3. The largest absolute Gasteiger partial charge is 0.478 e. The van der Waals surface area contributed by atoms with Gasteiger partial charge in [-0.2, -0.15) is 0 Å². The van der Waals surface area contributed by atoms with Gasteiger partial charge in [0.25, 0.3) is 0 Å². The molecule has 0 unspecified atom stereocenters. The van der Waals surface area contributed by atoms with E-state index in [1.54, 1.807) is 11.1 Å². The number of nitrogens with zero attached hydrogens (tertiary/aromatic N) is 1. The summed E-state index contributed by atoms with van der Waals surface area (Å²) >= 11 is 0. The highest BCUT2D eigenvalue weighted by Crippen LogP contribution is 2.56. The van der Waals surface area contributed by atoms with Crippen molar-refractivity contribution < 1.29 is 24.6 Å². The van der Waals surface area contributed by atoms with E-state index in [1.807, 2.05) is 0 Å². The molecule has 0 bridgehead atoms. The fourth-order valence-electron chi connectivity index (χ4n) is 6.35. The first-order valence-corrected chi connectivity index (χ1v) is 13.2. The lowest BCUT2D eigenvalue weighted by atomic mass is 9.50. The minimum Gasteiger partial charge on any atom is -0.478 e. The van der Waals surface area contributed by atoms with Crippen LogP contribution in [0.1, 0.15) is 88.8 Å². The van der Waals surface area contributed by atoms with Crippen LogP contribution in [0, 0.1) is 11.3 Å². The lowest BCUT2D eigenvalue weighted by Crippen LogP contribution is -2.49. The molecule has 3 N–H and O–H groups in total. The van der Waals surface area contributed by atoms with Crippen LogP contribution in [0.4, 0.5) is 0 Å². The maximum Gasteiger partial charge on any atom is 0.328 e. The molecule has 1 saturated heterocycles. The zero-order valence-electron chi connectivity index (χ0n) is 22.1. The number of nitrogens with one attached hydrogen (secondary N) is 1. The third-order valence-electron chi connectivity index (χ3n) is 8.30. The van der Waals surface area contributed by atoms with E-state index in [-0.39, 0.29) is 16.9 Å². The van der Waals surface area contributed by atoms with Crippen LogP contribution >= 0.6 is 0 Å². The van der Waals surface area contributed by atoms with Gasteiger partial charge in [-0.15, -0.1) is 0 Å².